The molecule has 128 valence electrons. The first-order chi connectivity index (χ1) is 11.4. The van der Waals surface area contributed by atoms with Gasteiger partial charge in [-0.05, 0) is 48.7 Å². The summed E-state index contributed by atoms with van der Waals surface area (Å²) in [6, 6.07) is 12.9. The molecule has 0 aliphatic carbocycles. The Hall–Kier alpha value is -1.40. The summed E-state index contributed by atoms with van der Waals surface area (Å²) in [6.07, 6.45) is -0.0954. The molecule has 1 aliphatic rings. The van der Waals surface area contributed by atoms with Crippen molar-refractivity contribution in [1.82, 2.24) is 4.31 Å². The van der Waals surface area contributed by atoms with Crippen LogP contribution >= 0.6 is 11.6 Å². The number of sulfonamides is 1. The molecule has 0 saturated carbocycles. The van der Waals surface area contributed by atoms with Gasteiger partial charge in [0.15, 0.2) is 0 Å². The van der Waals surface area contributed by atoms with Crippen molar-refractivity contribution in [2.45, 2.75) is 31.5 Å². The van der Waals surface area contributed by atoms with E-state index >= 15 is 0 Å². The molecule has 3 rings (SSSR count). The van der Waals surface area contributed by atoms with Crippen LogP contribution in [0, 0.1) is 13.8 Å². The molecule has 1 fully saturated rings. The van der Waals surface area contributed by atoms with Gasteiger partial charge >= 0.3 is 0 Å². The third-order valence-electron chi connectivity index (χ3n) is 4.08. The van der Waals surface area contributed by atoms with Gasteiger partial charge in [0.1, 0.15) is 0 Å². The molecule has 1 heterocycles. The van der Waals surface area contributed by atoms with E-state index in [-0.39, 0.29) is 6.10 Å². The maximum absolute atomic E-state index is 12.6. The first kappa shape index (κ1) is 17.4. The Balaban J connectivity index is 1.60. The average Bonchev–Trinajstić information content (AvgIpc) is 2.46. The molecule has 0 unspecified atom stereocenters. The van der Waals surface area contributed by atoms with E-state index in [2.05, 4.69) is 0 Å². The van der Waals surface area contributed by atoms with E-state index in [1.54, 1.807) is 12.1 Å². The lowest BCUT2D eigenvalue weighted by Gasteiger charge is -2.37. The number of hydrogen-bond donors (Lipinski definition) is 0. The summed E-state index contributed by atoms with van der Waals surface area (Å²) in [4.78, 5) is 0.351. The zero-order valence-electron chi connectivity index (χ0n) is 13.7. The topological polar surface area (TPSA) is 46.6 Å². The second-order valence-electron chi connectivity index (χ2n) is 6.17. The van der Waals surface area contributed by atoms with Crippen LogP contribution in [0.2, 0.25) is 5.02 Å². The number of aryl methyl sites for hydroxylation is 2. The maximum atomic E-state index is 12.6. The van der Waals surface area contributed by atoms with Crippen molar-refractivity contribution in [3.05, 3.63) is 64.2 Å². The Morgan fingerprint density at radius 1 is 1.12 bits per heavy atom. The zero-order chi connectivity index (χ0) is 17.3. The quantitative estimate of drug-likeness (QED) is 0.814. The molecule has 0 bridgehead atoms. The van der Waals surface area contributed by atoms with E-state index in [0.29, 0.717) is 29.6 Å². The zero-order valence-corrected chi connectivity index (χ0v) is 15.3. The number of halogens is 1. The summed E-state index contributed by atoms with van der Waals surface area (Å²) in [5.74, 6) is 0. The Morgan fingerprint density at radius 3 is 2.38 bits per heavy atom. The third kappa shape index (κ3) is 3.64. The van der Waals surface area contributed by atoms with Crippen molar-refractivity contribution in [2.75, 3.05) is 13.1 Å². The van der Waals surface area contributed by atoms with Crippen LogP contribution in [0.3, 0.4) is 0 Å². The lowest BCUT2D eigenvalue weighted by Crippen LogP contribution is -2.54. The fourth-order valence-corrected chi connectivity index (χ4v) is 4.64. The van der Waals surface area contributed by atoms with Crippen LogP contribution in [0.1, 0.15) is 16.7 Å². The number of benzene rings is 2. The molecule has 0 N–H and O–H groups in total. The van der Waals surface area contributed by atoms with Crippen molar-refractivity contribution in [2.24, 2.45) is 0 Å². The molecule has 4 nitrogen and oxygen atoms in total. The van der Waals surface area contributed by atoms with E-state index in [9.17, 15) is 8.42 Å². The van der Waals surface area contributed by atoms with Crippen LogP contribution in [0.4, 0.5) is 0 Å². The highest BCUT2D eigenvalue weighted by Crippen LogP contribution is 2.26. The van der Waals surface area contributed by atoms with Crippen LogP contribution in [-0.2, 0) is 21.4 Å². The summed E-state index contributed by atoms with van der Waals surface area (Å²) < 4.78 is 32.5. The molecule has 2 aromatic rings. The molecule has 0 atom stereocenters. The molecule has 6 heteroatoms. The number of hydrogen-bond acceptors (Lipinski definition) is 3. The minimum atomic E-state index is -3.44. The smallest absolute Gasteiger partial charge is 0.243 e. The lowest BCUT2D eigenvalue weighted by atomic mass is 10.2. The number of rotatable bonds is 5. The first-order valence-electron chi connectivity index (χ1n) is 7.80. The highest BCUT2D eigenvalue weighted by Gasteiger charge is 2.37. The van der Waals surface area contributed by atoms with E-state index in [1.807, 2.05) is 44.2 Å². The molecule has 0 spiro atoms. The molecule has 24 heavy (non-hydrogen) atoms. The average molecular weight is 366 g/mol. The van der Waals surface area contributed by atoms with E-state index in [1.165, 1.54) is 4.31 Å². The predicted octanol–water partition coefficient (Wildman–Crippen LogP) is 3.55. The fourth-order valence-electron chi connectivity index (χ4n) is 2.76. The van der Waals surface area contributed by atoms with Crippen molar-refractivity contribution in [3.8, 4) is 0 Å². The van der Waals surface area contributed by atoms with Gasteiger partial charge in [-0.1, -0.05) is 35.9 Å². The Morgan fingerprint density at radius 2 is 1.75 bits per heavy atom. The predicted molar refractivity (Wildman–Crippen MR) is 94.7 cm³/mol. The van der Waals surface area contributed by atoms with Crippen LogP contribution < -0.4 is 0 Å². The Bertz CT molecular complexity index is 825. The maximum Gasteiger partial charge on any atom is 0.243 e. The molecular formula is C18H20ClNO3S. The van der Waals surface area contributed by atoms with Gasteiger partial charge in [-0.25, -0.2) is 8.42 Å². The molecule has 2 aromatic carbocycles. The molecule has 0 radical (unpaired) electrons. The molecule has 0 aromatic heterocycles. The van der Waals surface area contributed by atoms with Crippen LogP contribution in [-0.4, -0.2) is 31.9 Å². The van der Waals surface area contributed by atoms with Gasteiger partial charge in [-0.15, -0.1) is 0 Å². The molecule has 0 amide bonds. The van der Waals surface area contributed by atoms with Crippen molar-refractivity contribution < 1.29 is 13.2 Å². The Kier molecular flexibility index (Phi) is 4.97. The normalized spacial score (nSPS) is 16.1. The monoisotopic (exact) mass is 365 g/mol. The SMILES string of the molecule is Cc1cc(C)cc(S(=O)(=O)N2CC(OCc3ccccc3Cl)C2)c1. The number of nitrogens with zero attached hydrogens (tertiary/aromatic N) is 1. The van der Waals surface area contributed by atoms with E-state index in [0.717, 1.165) is 16.7 Å². The van der Waals surface area contributed by atoms with Gasteiger partial charge in [-0.2, -0.15) is 4.31 Å². The van der Waals surface area contributed by atoms with Crippen molar-refractivity contribution >= 4 is 21.6 Å². The molecule has 1 saturated heterocycles. The van der Waals surface area contributed by atoms with Gasteiger partial charge < -0.3 is 4.74 Å². The third-order valence-corrected chi connectivity index (χ3v) is 6.26. The lowest BCUT2D eigenvalue weighted by molar-refractivity contribution is -0.0295. The van der Waals surface area contributed by atoms with Crippen LogP contribution in [0.15, 0.2) is 47.4 Å². The first-order valence-corrected chi connectivity index (χ1v) is 9.61. The van der Waals surface area contributed by atoms with Crippen molar-refractivity contribution in [1.29, 1.82) is 0 Å². The summed E-state index contributed by atoms with van der Waals surface area (Å²) in [6.45, 7) is 4.94. The van der Waals surface area contributed by atoms with E-state index in [4.69, 9.17) is 16.3 Å². The second-order valence-corrected chi connectivity index (χ2v) is 8.51. The van der Waals surface area contributed by atoms with Crippen LogP contribution in [0.25, 0.3) is 0 Å². The largest absolute Gasteiger partial charge is 0.371 e. The van der Waals surface area contributed by atoms with Crippen LogP contribution in [0.5, 0.6) is 0 Å². The second kappa shape index (κ2) is 6.84. The van der Waals surface area contributed by atoms with E-state index < -0.39 is 10.0 Å². The minimum absolute atomic E-state index is 0.0954. The summed E-state index contributed by atoms with van der Waals surface area (Å²) in [7, 11) is -3.44. The van der Waals surface area contributed by atoms with Gasteiger partial charge in [0, 0.05) is 18.1 Å². The summed E-state index contributed by atoms with van der Waals surface area (Å²) in [5, 5.41) is 0.663. The number of ether oxygens (including phenoxy) is 1. The standard InChI is InChI=1S/C18H20ClNO3S/c1-13-7-14(2)9-17(8-13)24(21,22)20-10-16(11-20)23-12-15-5-3-4-6-18(15)19/h3-9,16H,10-12H2,1-2H3. The Labute approximate surface area is 148 Å². The highest BCUT2D eigenvalue weighted by molar-refractivity contribution is 7.89. The summed E-state index contributed by atoms with van der Waals surface area (Å²) >= 11 is 6.09. The minimum Gasteiger partial charge on any atom is -0.371 e. The van der Waals surface area contributed by atoms with Gasteiger partial charge in [0.05, 0.1) is 17.6 Å². The van der Waals surface area contributed by atoms with Crippen molar-refractivity contribution in [3.63, 3.8) is 0 Å². The van der Waals surface area contributed by atoms with Gasteiger partial charge in [0.2, 0.25) is 10.0 Å². The van der Waals surface area contributed by atoms with Gasteiger partial charge in [-0.3, -0.25) is 0 Å². The molecule has 1 aliphatic heterocycles. The fraction of sp³-hybridized carbons (Fsp3) is 0.333. The highest BCUT2D eigenvalue weighted by atomic mass is 35.5. The van der Waals surface area contributed by atoms with Gasteiger partial charge in [0.25, 0.3) is 0 Å². The molecular weight excluding hydrogens is 346 g/mol. The summed E-state index contributed by atoms with van der Waals surface area (Å²) in [5.41, 5.74) is 2.80.